The van der Waals surface area contributed by atoms with Crippen LogP contribution < -0.4 is 0 Å². The number of rotatable bonds is 6. The maximum atomic E-state index is 12.8. The lowest BCUT2D eigenvalue weighted by atomic mass is 10.0. The predicted molar refractivity (Wildman–Crippen MR) is 48.6 cm³/mol. The quantitative estimate of drug-likeness (QED) is 0.695. The highest BCUT2D eigenvalue weighted by Gasteiger charge is 2.70. The van der Waals surface area contributed by atoms with Crippen LogP contribution in [0.1, 0.15) is 13.3 Å². The maximum absolute atomic E-state index is 12.8. The molecule has 0 atom stereocenters. The summed E-state index contributed by atoms with van der Waals surface area (Å²) in [6.45, 7) is -1.87. The molecule has 0 amide bonds. The lowest BCUT2D eigenvalue weighted by molar-refractivity contribution is -0.311. The van der Waals surface area contributed by atoms with Crippen molar-refractivity contribution >= 4 is 16.9 Å². The minimum Gasteiger partial charge on any atom is -0.288 e. The first kappa shape index (κ1) is 16.5. The Morgan fingerprint density at radius 1 is 1.06 bits per heavy atom. The highest BCUT2D eigenvalue weighted by atomic mass is 32.2. The smallest absolute Gasteiger partial charge is 0.288 e. The summed E-state index contributed by atoms with van der Waals surface area (Å²) in [4.78, 5) is 10.4. The van der Waals surface area contributed by atoms with Crippen molar-refractivity contribution in [1.82, 2.24) is 0 Å². The van der Waals surface area contributed by atoms with Crippen LogP contribution in [0.25, 0.3) is 0 Å². The molecule has 0 N–H and O–H groups in total. The van der Waals surface area contributed by atoms with E-state index in [-0.39, 0.29) is 0 Å². The summed E-state index contributed by atoms with van der Waals surface area (Å²) in [7, 11) is 0. The van der Waals surface area contributed by atoms with Gasteiger partial charge in [-0.2, -0.15) is 26.3 Å². The van der Waals surface area contributed by atoms with E-state index in [1.807, 2.05) is 0 Å². The van der Waals surface area contributed by atoms with E-state index < -0.39 is 41.7 Å². The molecule has 0 aromatic rings. The first-order chi connectivity index (χ1) is 7.48. The average molecular weight is 286 g/mol. The van der Waals surface area contributed by atoms with E-state index >= 15 is 0 Å². The second-order valence-electron chi connectivity index (χ2n) is 3.21. The molecule has 0 spiro atoms. The van der Waals surface area contributed by atoms with Crippen molar-refractivity contribution in [2.24, 2.45) is 0 Å². The summed E-state index contributed by atoms with van der Waals surface area (Å²) in [6.07, 6.45) is -1.64. The number of alkyl halides is 7. The van der Waals surface area contributed by atoms with Gasteiger partial charge in [0.05, 0.1) is 0 Å². The Kier molecular flexibility index (Phi) is 5.30. The van der Waals surface area contributed by atoms with Gasteiger partial charge in [-0.3, -0.25) is 4.79 Å². The Morgan fingerprint density at radius 2 is 1.53 bits per heavy atom. The van der Waals surface area contributed by atoms with Crippen LogP contribution >= 0.6 is 11.8 Å². The first-order valence-electron chi connectivity index (χ1n) is 4.31. The molecule has 0 radical (unpaired) electrons. The van der Waals surface area contributed by atoms with E-state index in [9.17, 15) is 35.5 Å². The van der Waals surface area contributed by atoms with Crippen LogP contribution in [0.5, 0.6) is 0 Å². The molecule has 0 fully saturated rings. The molecule has 0 saturated carbocycles. The summed E-state index contributed by atoms with van der Waals surface area (Å²) in [6, 6.07) is 0. The van der Waals surface area contributed by atoms with Crippen molar-refractivity contribution < 1.29 is 35.5 Å². The van der Waals surface area contributed by atoms with Gasteiger partial charge < -0.3 is 0 Å². The van der Waals surface area contributed by atoms with E-state index in [0.29, 0.717) is 11.8 Å². The summed E-state index contributed by atoms with van der Waals surface area (Å²) in [5.74, 6) is -17.0. The van der Waals surface area contributed by atoms with Crippen molar-refractivity contribution in [3.8, 4) is 0 Å². The lowest BCUT2D eigenvalue weighted by Crippen LogP contribution is -2.55. The molecule has 0 rings (SSSR count). The zero-order valence-corrected chi connectivity index (χ0v) is 9.40. The zero-order valence-electron chi connectivity index (χ0n) is 8.58. The van der Waals surface area contributed by atoms with Crippen molar-refractivity contribution in [2.45, 2.75) is 31.1 Å². The van der Waals surface area contributed by atoms with Crippen molar-refractivity contribution in [3.63, 3.8) is 0 Å². The molecule has 17 heavy (non-hydrogen) atoms. The number of hydrogen-bond acceptors (Lipinski definition) is 2. The monoisotopic (exact) mass is 286 g/mol. The first-order valence-corrected chi connectivity index (χ1v) is 5.29. The third-order valence-electron chi connectivity index (χ3n) is 1.81. The molecule has 0 saturated heterocycles. The number of thioether (sulfide) groups is 1. The number of hydrogen-bond donors (Lipinski definition) is 0. The molecule has 0 unspecified atom stereocenters. The van der Waals surface area contributed by atoms with Gasteiger partial charge in [0.15, 0.2) is 11.8 Å². The molecule has 0 aliphatic rings. The molecule has 0 heterocycles. The van der Waals surface area contributed by atoms with Gasteiger partial charge in [0, 0.05) is 19.1 Å². The van der Waals surface area contributed by atoms with E-state index in [4.69, 9.17) is 0 Å². The second kappa shape index (κ2) is 5.45. The van der Waals surface area contributed by atoms with Gasteiger partial charge in [-0.15, -0.1) is 0 Å². The van der Waals surface area contributed by atoms with Crippen LogP contribution in [0, 0.1) is 0 Å². The zero-order chi connectivity index (χ0) is 13.9. The Morgan fingerprint density at radius 3 is 1.88 bits per heavy atom. The highest BCUT2D eigenvalue weighted by molar-refractivity contribution is 8.13. The van der Waals surface area contributed by atoms with Gasteiger partial charge in [-0.05, 0) is 0 Å². The van der Waals surface area contributed by atoms with Crippen LogP contribution in [0.4, 0.5) is 30.7 Å². The number of halogens is 7. The van der Waals surface area contributed by atoms with E-state index in [1.165, 1.54) is 0 Å². The van der Waals surface area contributed by atoms with E-state index in [1.54, 1.807) is 0 Å². The molecule has 0 aliphatic carbocycles. The molecule has 0 aliphatic heterocycles. The normalized spacial score (nSPS) is 13.9. The molecular formula is C8H9F7OS. The minimum atomic E-state index is -5.79. The van der Waals surface area contributed by atoms with Gasteiger partial charge in [-0.1, -0.05) is 11.8 Å². The Hall–Kier alpha value is -0.470. The molecule has 0 aromatic carbocycles. The van der Waals surface area contributed by atoms with Gasteiger partial charge in [0.2, 0.25) is 0 Å². The maximum Gasteiger partial charge on any atom is 0.374 e. The standard InChI is InChI=1S/C8H9F7OS/c1-5(16)17-3-2-6(10,11)8(14,15)7(12,13)4-9/h2-4H2,1H3. The molecule has 9 heteroatoms. The van der Waals surface area contributed by atoms with Crippen LogP contribution in [-0.4, -0.2) is 35.3 Å². The van der Waals surface area contributed by atoms with Crippen LogP contribution in [0.15, 0.2) is 0 Å². The topological polar surface area (TPSA) is 17.1 Å². The van der Waals surface area contributed by atoms with Crippen LogP contribution in [0.3, 0.4) is 0 Å². The summed E-state index contributed by atoms with van der Waals surface area (Å²) < 4.78 is 87.3. The number of carbonyl (C=O) groups excluding carboxylic acids is 1. The predicted octanol–water partition coefficient (Wildman–Crippen LogP) is 3.53. The molecule has 102 valence electrons. The van der Waals surface area contributed by atoms with Gasteiger partial charge >= 0.3 is 17.8 Å². The van der Waals surface area contributed by atoms with E-state index in [2.05, 4.69) is 0 Å². The van der Waals surface area contributed by atoms with E-state index in [0.717, 1.165) is 6.92 Å². The SMILES string of the molecule is CC(=O)SCCC(F)(F)C(F)(F)C(F)(F)CF. The highest BCUT2D eigenvalue weighted by Crippen LogP contribution is 2.47. The van der Waals surface area contributed by atoms with Crippen molar-refractivity contribution in [1.29, 1.82) is 0 Å². The average Bonchev–Trinajstić information content (AvgIpc) is 2.16. The summed E-state index contributed by atoms with van der Waals surface area (Å²) >= 11 is 0.302. The molecular weight excluding hydrogens is 277 g/mol. The largest absolute Gasteiger partial charge is 0.374 e. The van der Waals surface area contributed by atoms with Gasteiger partial charge in [0.1, 0.15) is 0 Å². The van der Waals surface area contributed by atoms with Gasteiger partial charge in [0.25, 0.3) is 0 Å². The molecule has 0 bridgehead atoms. The Bertz CT molecular complexity index is 279. The molecule has 0 aromatic heterocycles. The van der Waals surface area contributed by atoms with Gasteiger partial charge in [-0.25, -0.2) is 4.39 Å². The lowest BCUT2D eigenvalue weighted by Gasteiger charge is -2.31. The fourth-order valence-corrected chi connectivity index (χ4v) is 1.48. The van der Waals surface area contributed by atoms with Crippen molar-refractivity contribution in [2.75, 3.05) is 12.4 Å². The van der Waals surface area contributed by atoms with Crippen molar-refractivity contribution in [3.05, 3.63) is 0 Å². The summed E-state index contributed by atoms with van der Waals surface area (Å²) in [5.41, 5.74) is 0. The minimum absolute atomic E-state index is 0.302. The molecule has 1 nitrogen and oxygen atoms in total. The fourth-order valence-electron chi connectivity index (χ4n) is 0.831. The van der Waals surface area contributed by atoms with Crippen LogP contribution in [0.2, 0.25) is 0 Å². The third-order valence-corrected chi connectivity index (χ3v) is 2.62. The second-order valence-corrected chi connectivity index (χ2v) is 4.48. The number of carbonyl (C=O) groups is 1. The third kappa shape index (κ3) is 3.75. The Balaban J connectivity index is 4.73. The summed E-state index contributed by atoms with van der Waals surface area (Å²) in [5, 5.41) is -0.610. The fraction of sp³-hybridized carbons (Fsp3) is 0.875. The van der Waals surface area contributed by atoms with Crippen LogP contribution in [-0.2, 0) is 4.79 Å². The Labute approximate surface area is 96.7 Å².